The Morgan fingerprint density at radius 1 is 1.03 bits per heavy atom. The van der Waals surface area contributed by atoms with E-state index in [1.807, 2.05) is 7.05 Å². The minimum Gasteiger partial charge on any atom is -0.322 e. The van der Waals surface area contributed by atoms with Gasteiger partial charge in [0.25, 0.3) is 5.91 Å². The number of benzene rings is 2. The van der Waals surface area contributed by atoms with Gasteiger partial charge in [-0.1, -0.05) is 17.4 Å². The fraction of sp³-hybridized carbons (Fsp3) is 0.333. The van der Waals surface area contributed by atoms with Gasteiger partial charge < -0.3 is 14.8 Å². The van der Waals surface area contributed by atoms with Crippen LogP contribution in [0, 0.1) is 6.92 Å². The summed E-state index contributed by atoms with van der Waals surface area (Å²) in [6.45, 7) is 3.97. The molecule has 164 valence electrons. The highest BCUT2D eigenvalue weighted by Gasteiger charge is 2.28. The molecular formula is C21H24N4O4S2. The summed E-state index contributed by atoms with van der Waals surface area (Å²) in [4.78, 5) is 26.9. The molecule has 4 rings (SSSR count). The first-order valence-corrected chi connectivity index (χ1v) is 12.1. The van der Waals surface area contributed by atoms with Crippen LogP contribution >= 0.6 is 11.3 Å². The highest BCUT2D eigenvalue weighted by atomic mass is 32.2. The van der Waals surface area contributed by atoms with E-state index >= 15 is 0 Å². The maximum absolute atomic E-state index is 13.1. The molecule has 3 aromatic rings. The SMILES string of the molecule is Cc1ccc(S(=O)(=O)N2CCN(C)CC2)cc1C(=O)Nc1ccc2c(c1)sc(=O)n2C. The average Bonchev–Trinajstić information content (AvgIpc) is 3.01. The van der Waals surface area contributed by atoms with Crippen molar-refractivity contribution in [3.8, 4) is 0 Å². The predicted octanol–water partition coefficient (Wildman–Crippen LogP) is 2.10. The second kappa shape index (κ2) is 8.19. The van der Waals surface area contributed by atoms with Crippen molar-refractivity contribution < 1.29 is 13.2 Å². The van der Waals surface area contributed by atoms with Gasteiger partial charge in [0, 0.05) is 44.5 Å². The Balaban J connectivity index is 1.61. The molecule has 31 heavy (non-hydrogen) atoms. The Morgan fingerprint density at radius 2 is 1.74 bits per heavy atom. The van der Waals surface area contributed by atoms with Crippen molar-refractivity contribution in [3.05, 3.63) is 57.2 Å². The molecule has 1 aliphatic rings. The van der Waals surface area contributed by atoms with Gasteiger partial charge in [-0.2, -0.15) is 4.31 Å². The Bertz CT molecular complexity index is 1320. The number of hydrogen-bond donors (Lipinski definition) is 1. The van der Waals surface area contributed by atoms with Crippen LogP contribution in [0.5, 0.6) is 0 Å². The van der Waals surface area contributed by atoms with Gasteiger partial charge in [-0.15, -0.1) is 0 Å². The molecule has 1 aliphatic heterocycles. The average molecular weight is 461 g/mol. The van der Waals surface area contributed by atoms with Crippen LogP contribution in [0.2, 0.25) is 0 Å². The molecule has 1 aromatic heterocycles. The lowest BCUT2D eigenvalue weighted by molar-refractivity contribution is 0.102. The van der Waals surface area contributed by atoms with Crippen molar-refractivity contribution >= 4 is 43.2 Å². The van der Waals surface area contributed by atoms with E-state index in [1.54, 1.807) is 48.9 Å². The van der Waals surface area contributed by atoms with Gasteiger partial charge in [0.15, 0.2) is 0 Å². The predicted molar refractivity (Wildman–Crippen MR) is 122 cm³/mol. The maximum Gasteiger partial charge on any atom is 0.307 e. The molecule has 0 aliphatic carbocycles. The molecule has 0 saturated carbocycles. The fourth-order valence-electron chi connectivity index (χ4n) is 3.59. The van der Waals surface area contributed by atoms with E-state index in [4.69, 9.17) is 0 Å². The van der Waals surface area contributed by atoms with Gasteiger partial charge in [0.05, 0.1) is 15.1 Å². The summed E-state index contributed by atoms with van der Waals surface area (Å²) in [5, 5.41) is 2.83. The molecule has 1 N–H and O–H groups in total. The van der Waals surface area contributed by atoms with Gasteiger partial charge in [0.2, 0.25) is 10.0 Å². The Labute approximate surface area is 184 Å². The summed E-state index contributed by atoms with van der Waals surface area (Å²) in [7, 11) is -0.00561. The number of piperazine rings is 1. The van der Waals surface area contributed by atoms with E-state index in [-0.39, 0.29) is 9.77 Å². The zero-order chi connectivity index (χ0) is 22.3. The van der Waals surface area contributed by atoms with E-state index < -0.39 is 15.9 Å². The van der Waals surface area contributed by atoms with Crippen LogP contribution in [0.15, 0.2) is 46.1 Å². The number of nitrogens with zero attached hydrogens (tertiary/aromatic N) is 3. The lowest BCUT2D eigenvalue weighted by atomic mass is 10.1. The van der Waals surface area contributed by atoms with E-state index in [9.17, 15) is 18.0 Å². The number of amides is 1. The number of rotatable bonds is 4. The first-order valence-electron chi connectivity index (χ1n) is 9.87. The molecule has 1 amide bonds. The smallest absolute Gasteiger partial charge is 0.307 e. The maximum atomic E-state index is 13.1. The van der Waals surface area contributed by atoms with Crippen molar-refractivity contribution in [2.24, 2.45) is 7.05 Å². The van der Waals surface area contributed by atoms with Gasteiger partial charge in [-0.05, 0) is 49.9 Å². The van der Waals surface area contributed by atoms with Gasteiger partial charge in [-0.25, -0.2) is 8.42 Å². The fourth-order valence-corrected chi connectivity index (χ4v) is 5.96. The normalized spacial score (nSPS) is 16.0. The first kappa shape index (κ1) is 21.7. The number of aromatic nitrogens is 1. The van der Waals surface area contributed by atoms with Gasteiger partial charge >= 0.3 is 4.87 Å². The quantitative estimate of drug-likeness (QED) is 0.644. The summed E-state index contributed by atoms with van der Waals surface area (Å²) in [5.41, 5.74) is 2.33. The van der Waals surface area contributed by atoms with Crippen LogP contribution in [0.3, 0.4) is 0 Å². The van der Waals surface area contributed by atoms with Crippen LogP contribution < -0.4 is 10.2 Å². The molecule has 0 radical (unpaired) electrons. The van der Waals surface area contributed by atoms with Gasteiger partial charge in [-0.3, -0.25) is 9.59 Å². The number of anilines is 1. The lowest BCUT2D eigenvalue weighted by Crippen LogP contribution is -2.47. The van der Waals surface area contributed by atoms with Crippen LogP contribution in [0.4, 0.5) is 5.69 Å². The Kier molecular flexibility index (Phi) is 5.73. The molecule has 0 bridgehead atoms. The Hall–Kier alpha value is -2.53. The van der Waals surface area contributed by atoms with Crippen LogP contribution in [0.1, 0.15) is 15.9 Å². The summed E-state index contributed by atoms with van der Waals surface area (Å²) in [6, 6.07) is 9.91. The zero-order valence-corrected chi connectivity index (χ0v) is 19.2. The lowest BCUT2D eigenvalue weighted by Gasteiger charge is -2.31. The van der Waals surface area contributed by atoms with E-state index in [1.165, 1.54) is 10.4 Å². The summed E-state index contributed by atoms with van der Waals surface area (Å²) in [5.74, 6) is -0.393. The Morgan fingerprint density at radius 3 is 2.45 bits per heavy atom. The molecule has 10 heteroatoms. The number of aryl methyl sites for hydroxylation is 2. The van der Waals surface area contributed by atoms with Crippen LogP contribution in [0.25, 0.3) is 10.2 Å². The summed E-state index contributed by atoms with van der Waals surface area (Å²) < 4.78 is 29.9. The number of carbonyl (C=O) groups is 1. The molecule has 1 fully saturated rings. The number of carbonyl (C=O) groups excluding carboxylic acids is 1. The van der Waals surface area contributed by atoms with E-state index in [0.717, 1.165) is 21.6 Å². The highest BCUT2D eigenvalue weighted by Crippen LogP contribution is 2.24. The molecule has 0 unspecified atom stereocenters. The third-order valence-electron chi connectivity index (χ3n) is 5.60. The molecular weight excluding hydrogens is 436 g/mol. The minimum atomic E-state index is -3.67. The summed E-state index contributed by atoms with van der Waals surface area (Å²) >= 11 is 1.11. The largest absolute Gasteiger partial charge is 0.322 e. The van der Waals surface area contributed by atoms with Gasteiger partial charge in [0.1, 0.15) is 0 Å². The first-order chi connectivity index (χ1) is 14.7. The molecule has 0 spiro atoms. The standard InChI is InChI=1S/C21H24N4O4S2/c1-14-4-6-16(31(28,29)25-10-8-23(2)9-11-25)13-17(14)20(26)22-15-5-7-18-19(12-15)30-21(27)24(18)3/h4-7,12-13H,8-11H2,1-3H3,(H,22,26). The van der Waals surface area contributed by atoms with Crippen LogP contribution in [-0.4, -0.2) is 61.3 Å². The van der Waals surface area contributed by atoms with Crippen molar-refractivity contribution in [1.29, 1.82) is 0 Å². The van der Waals surface area contributed by atoms with E-state index in [2.05, 4.69) is 10.2 Å². The number of fused-ring (bicyclic) bond motifs is 1. The second-order valence-corrected chi connectivity index (χ2v) is 10.7. The molecule has 2 aromatic carbocycles. The van der Waals surface area contributed by atoms with Crippen molar-refractivity contribution in [3.63, 3.8) is 0 Å². The third-order valence-corrected chi connectivity index (χ3v) is 8.49. The molecule has 8 nitrogen and oxygen atoms in total. The van der Waals surface area contributed by atoms with Crippen LogP contribution in [-0.2, 0) is 17.1 Å². The van der Waals surface area contributed by atoms with Crippen molar-refractivity contribution in [2.75, 3.05) is 38.5 Å². The number of hydrogen-bond acceptors (Lipinski definition) is 6. The number of sulfonamides is 1. The minimum absolute atomic E-state index is 0.0730. The summed E-state index contributed by atoms with van der Waals surface area (Å²) in [6.07, 6.45) is 0. The van der Waals surface area contributed by atoms with E-state index in [0.29, 0.717) is 43.0 Å². The zero-order valence-electron chi connectivity index (χ0n) is 17.6. The van der Waals surface area contributed by atoms with Crippen molar-refractivity contribution in [2.45, 2.75) is 11.8 Å². The number of thiazole rings is 1. The monoisotopic (exact) mass is 460 g/mol. The molecule has 2 heterocycles. The number of nitrogens with one attached hydrogen (secondary N) is 1. The molecule has 1 saturated heterocycles. The number of likely N-dealkylation sites (N-methyl/N-ethyl adjacent to an activating group) is 1. The third kappa shape index (κ3) is 4.16. The van der Waals surface area contributed by atoms with Crippen molar-refractivity contribution in [1.82, 2.24) is 13.8 Å². The highest BCUT2D eigenvalue weighted by molar-refractivity contribution is 7.89. The second-order valence-electron chi connectivity index (χ2n) is 7.75. The topological polar surface area (TPSA) is 91.7 Å². The molecule has 0 atom stereocenters.